The maximum atomic E-state index is 11.6. The van der Waals surface area contributed by atoms with Crippen molar-refractivity contribution < 1.29 is 9.53 Å². The van der Waals surface area contributed by atoms with Gasteiger partial charge in [0, 0.05) is 18.8 Å². The Kier molecular flexibility index (Phi) is 1.98. The molecule has 0 spiro atoms. The Hall–Kier alpha value is -1.05. The van der Waals surface area contributed by atoms with Crippen LogP contribution in [-0.2, 0) is 9.53 Å². The summed E-state index contributed by atoms with van der Waals surface area (Å²) in [5.74, 6) is 2.39. The zero-order chi connectivity index (χ0) is 10.4. The van der Waals surface area contributed by atoms with Crippen molar-refractivity contribution in [2.24, 2.45) is 11.8 Å². The molecule has 0 amide bonds. The van der Waals surface area contributed by atoms with E-state index < -0.39 is 0 Å². The summed E-state index contributed by atoms with van der Waals surface area (Å²) in [6, 6.07) is 0. The molecule has 2 heteroatoms. The number of carbonyl (C=O) groups is 1. The maximum absolute atomic E-state index is 11.6. The number of carbonyl (C=O) groups excluding carboxylic acids is 1. The zero-order valence-corrected chi connectivity index (χ0v) is 9.08. The minimum absolute atomic E-state index is 0.206. The van der Waals surface area contributed by atoms with Gasteiger partial charge >= 0.3 is 0 Å². The predicted octanol–water partition coefficient (Wildman–Crippen LogP) is 2.61. The van der Waals surface area contributed by atoms with E-state index in [0.717, 1.165) is 25.9 Å². The second-order valence-electron chi connectivity index (χ2n) is 4.94. The molecule has 1 heterocycles. The summed E-state index contributed by atoms with van der Waals surface area (Å²) in [7, 11) is 0. The molecule has 80 valence electrons. The van der Waals surface area contributed by atoms with Gasteiger partial charge in [0.2, 0.25) is 0 Å². The van der Waals surface area contributed by atoms with Gasteiger partial charge in [0.1, 0.15) is 5.78 Å². The van der Waals surface area contributed by atoms with Gasteiger partial charge in [-0.2, -0.15) is 0 Å². The molecule has 0 fully saturated rings. The molecule has 0 bridgehead atoms. The van der Waals surface area contributed by atoms with E-state index >= 15 is 0 Å². The highest BCUT2D eigenvalue weighted by atomic mass is 16.5. The van der Waals surface area contributed by atoms with Crippen molar-refractivity contribution in [3.8, 4) is 0 Å². The third-order valence-corrected chi connectivity index (χ3v) is 3.73. The fraction of sp³-hybridized carbons (Fsp3) is 0.615. The van der Waals surface area contributed by atoms with Crippen molar-refractivity contribution in [2.75, 3.05) is 6.61 Å². The summed E-state index contributed by atoms with van der Waals surface area (Å²) >= 11 is 0. The number of allylic oxidation sites excluding steroid dienone is 4. The molecule has 3 rings (SSSR count). The van der Waals surface area contributed by atoms with Crippen LogP contribution in [0, 0.1) is 11.8 Å². The van der Waals surface area contributed by atoms with Gasteiger partial charge in [-0.25, -0.2) is 0 Å². The van der Waals surface area contributed by atoms with E-state index in [9.17, 15) is 4.79 Å². The minimum Gasteiger partial charge on any atom is -0.497 e. The van der Waals surface area contributed by atoms with Crippen molar-refractivity contribution >= 4 is 5.78 Å². The van der Waals surface area contributed by atoms with E-state index in [4.69, 9.17) is 4.74 Å². The van der Waals surface area contributed by atoms with Gasteiger partial charge in [-0.15, -0.1) is 0 Å². The summed E-state index contributed by atoms with van der Waals surface area (Å²) in [5, 5.41) is 0. The van der Waals surface area contributed by atoms with Crippen LogP contribution in [0.2, 0.25) is 0 Å². The Balaban J connectivity index is 1.98. The Morgan fingerprint density at radius 1 is 1.47 bits per heavy atom. The monoisotopic (exact) mass is 204 g/mol. The summed E-state index contributed by atoms with van der Waals surface area (Å²) in [5.41, 5.74) is 2.66. The minimum atomic E-state index is 0.206. The molecule has 0 aromatic heterocycles. The van der Waals surface area contributed by atoms with Crippen LogP contribution in [0.5, 0.6) is 0 Å². The van der Waals surface area contributed by atoms with Crippen molar-refractivity contribution in [3.63, 3.8) is 0 Å². The fourth-order valence-electron chi connectivity index (χ4n) is 2.95. The normalized spacial score (nSPS) is 34.5. The number of fused-ring (bicyclic) bond motifs is 2. The second kappa shape index (κ2) is 3.22. The van der Waals surface area contributed by atoms with E-state index in [1.807, 2.05) is 0 Å². The molecule has 2 aliphatic carbocycles. The van der Waals surface area contributed by atoms with Crippen LogP contribution in [0.15, 0.2) is 23.0 Å². The van der Waals surface area contributed by atoms with Gasteiger partial charge in [0.15, 0.2) is 0 Å². The number of Topliss-reactive ketones (excluding diaryl/α,β-unsaturated/α-hetero) is 1. The van der Waals surface area contributed by atoms with E-state index in [1.165, 1.54) is 16.9 Å². The standard InChI is InChI=1S/C13H16O2/c1-8-6-11-9-2-4-12(14)10(9)3-5-13(11)15-7-8/h2,8,10H,3-7H2,1H3. The van der Waals surface area contributed by atoms with E-state index in [-0.39, 0.29) is 5.92 Å². The van der Waals surface area contributed by atoms with Crippen LogP contribution in [-0.4, -0.2) is 12.4 Å². The lowest BCUT2D eigenvalue weighted by molar-refractivity contribution is -0.120. The van der Waals surface area contributed by atoms with E-state index in [1.54, 1.807) is 0 Å². The lowest BCUT2D eigenvalue weighted by Gasteiger charge is -2.32. The van der Waals surface area contributed by atoms with Gasteiger partial charge in [-0.1, -0.05) is 13.0 Å². The quantitative estimate of drug-likeness (QED) is 0.606. The third-order valence-electron chi connectivity index (χ3n) is 3.73. The molecule has 0 aromatic rings. The Morgan fingerprint density at radius 2 is 2.33 bits per heavy atom. The third kappa shape index (κ3) is 1.35. The molecule has 1 aliphatic heterocycles. The molecular weight excluding hydrogens is 188 g/mol. The summed E-state index contributed by atoms with van der Waals surface area (Å²) in [4.78, 5) is 11.6. The van der Waals surface area contributed by atoms with Gasteiger partial charge in [-0.05, 0) is 29.9 Å². The molecule has 0 aromatic carbocycles. The number of hydrogen-bond donors (Lipinski definition) is 0. The molecule has 0 saturated carbocycles. The highest BCUT2D eigenvalue weighted by molar-refractivity contribution is 5.90. The first-order chi connectivity index (χ1) is 7.25. The molecule has 0 radical (unpaired) electrons. The molecule has 2 atom stereocenters. The van der Waals surface area contributed by atoms with Crippen LogP contribution >= 0.6 is 0 Å². The topological polar surface area (TPSA) is 26.3 Å². The lowest BCUT2D eigenvalue weighted by Crippen LogP contribution is -2.24. The summed E-state index contributed by atoms with van der Waals surface area (Å²) in [6.45, 7) is 3.06. The number of hydrogen-bond acceptors (Lipinski definition) is 2. The first-order valence-corrected chi connectivity index (χ1v) is 5.83. The average Bonchev–Trinajstić information content (AvgIpc) is 2.61. The number of rotatable bonds is 0. The van der Waals surface area contributed by atoms with Crippen molar-refractivity contribution in [3.05, 3.63) is 23.0 Å². The Bertz CT molecular complexity index is 376. The van der Waals surface area contributed by atoms with Gasteiger partial charge in [0.25, 0.3) is 0 Å². The van der Waals surface area contributed by atoms with Crippen molar-refractivity contribution in [1.82, 2.24) is 0 Å². The Morgan fingerprint density at radius 3 is 3.20 bits per heavy atom. The zero-order valence-electron chi connectivity index (χ0n) is 9.08. The maximum Gasteiger partial charge on any atom is 0.144 e. The van der Waals surface area contributed by atoms with Crippen LogP contribution in [0.1, 0.15) is 32.6 Å². The first-order valence-electron chi connectivity index (χ1n) is 5.83. The van der Waals surface area contributed by atoms with Crippen LogP contribution in [0.25, 0.3) is 0 Å². The van der Waals surface area contributed by atoms with Gasteiger partial charge in [-0.3, -0.25) is 4.79 Å². The molecular formula is C13H16O2. The molecule has 3 aliphatic rings. The predicted molar refractivity (Wildman–Crippen MR) is 57.2 cm³/mol. The average molecular weight is 204 g/mol. The molecule has 15 heavy (non-hydrogen) atoms. The highest BCUT2D eigenvalue weighted by Gasteiger charge is 2.36. The molecule has 0 saturated heterocycles. The smallest absolute Gasteiger partial charge is 0.144 e. The summed E-state index contributed by atoms with van der Waals surface area (Å²) in [6.07, 6.45) is 5.81. The van der Waals surface area contributed by atoms with E-state index in [0.29, 0.717) is 18.1 Å². The molecule has 0 N–H and O–H groups in total. The van der Waals surface area contributed by atoms with E-state index in [2.05, 4.69) is 13.0 Å². The van der Waals surface area contributed by atoms with Gasteiger partial charge in [0.05, 0.1) is 12.4 Å². The number of ether oxygens (including phenoxy) is 1. The Labute approximate surface area is 90.0 Å². The van der Waals surface area contributed by atoms with Crippen LogP contribution in [0.4, 0.5) is 0 Å². The largest absolute Gasteiger partial charge is 0.497 e. The van der Waals surface area contributed by atoms with Crippen molar-refractivity contribution in [1.29, 1.82) is 0 Å². The SMILES string of the molecule is CC1COC2=C(C1)C1=CCC(=O)C1CC2. The van der Waals surface area contributed by atoms with Gasteiger partial charge < -0.3 is 4.74 Å². The molecule has 2 unspecified atom stereocenters. The second-order valence-corrected chi connectivity index (χ2v) is 4.94. The van der Waals surface area contributed by atoms with Crippen molar-refractivity contribution in [2.45, 2.75) is 32.6 Å². The van der Waals surface area contributed by atoms with Crippen LogP contribution < -0.4 is 0 Å². The number of ketones is 1. The summed E-state index contributed by atoms with van der Waals surface area (Å²) < 4.78 is 5.77. The molecule has 2 nitrogen and oxygen atoms in total. The highest BCUT2D eigenvalue weighted by Crippen LogP contribution is 2.44. The van der Waals surface area contributed by atoms with Crippen LogP contribution in [0.3, 0.4) is 0 Å². The lowest BCUT2D eigenvalue weighted by atomic mass is 9.79. The fourth-order valence-corrected chi connectivity index (χ4v) is 2.95. The first kappa shape index (κ1) is 9.20.